The van der Waals surface area contributed by atoms with Crippen LogP contribution in [0.25, 0.3) is 0 Å². The van der Waals surface area contributed by atoms with Gasteiger partial charge in [0.2, 0.25) is 0 Å². The Balaban J connectivity index is 1.65. The molecule has 0 aromatic heterocycles. The van der Waals surface area contributed by atoms with Gasteiger partial charge in [-0.15, -0.1) is 0 Å². The number of allylic oxidation sites excluding steroid dienone is 2. The van der Waals surface area contributed by atoms with Crippen LogP contribution in [0, 0.1) is 29.1 Å². The molecule has 1 saturated heterocycles. The molecule has 0 aromatic carbocycles. The van der Waals surface area contributed by atoms with Gasteiger partial charge in [0.05, 0.1) is 0 Å². The van der Waals surface area contributed by atoms with Gasteiger partial charge < -0.3 is 0 Å². The van der Waals surface area contributed by atoms with E-state index in [0.717, 1.165) is 29.1 Å². The van der Waals surface area contributed by atoms with Crippen molar-refractivity contribution in [3.05, 3.63) is 12.2 Å². The summed E-state index contributed by atoms with van der Waals surface area (Å²) in [6.07, 6.45) is 15.7. The Kier molecular flexibility index (Phi) is 1.87. The molecular formula is C17H24N+. The third-order valence-corrected chi connectivity index (χ3v) is 6.81. The summed E-state index contributed by atoms with van der Waals surface area (Å²) in [5, 5.41) is 0. The van der Waals surface area contributed by atoms with E-state index in [1.807, 2.05) is 5.71 Å². The molecule has 4 unspecified atom stereocenters. The van der Waals surface area contributed by atoms with Crippen LogP contribution in [0.15, 0.2) is 12.2 Å². The highest BCUT2D eigenvalue weighted by atomic mass is 15.0. The van der Waals surface area contributed by atoms with Gasteiger partial charge in [-0.05, 0) is 42.9 Å². The molecule has 18 heavy (non-hydrogen) atoms. The van der Waals surface area contributed by atoms with Crippen LogP contribution in [0.3, 0.4) is 0 Å². The maximum atomic E-state index is 2.82. The Morgan fingerprint density at radius 1 is 0.889 bits per heavy atom. The first-order valence-electron chi connectivity index (χ1n) is 8.20. The van der Waals surface area contributed by atoms with Crippen molar-refractivity contribution in [2.45, 2.75) is 44.9 Å². The fourth-order valence-corrected chi connectivity index (χ4v) is 6.03. The summed E-state index contributed by atoms with van der Waals surface area (Å²) in [5.74, 6) is 3.77. The van der Waals surface area contributed by atoms with Gasteiger partial charge in [0.1, 0.15) is 13.1 Å². The van der Waals surface area contributed by atoms with Crippen molar-refractivity contribution in [1.29, 1.82) is 0 Å². The summed E-state index contributed by atoms with van der Waals surface area (Å²) < 4.78 is 2.82. The van der Waals surface area contributed by atoms with Crippen LogP contribution in [0.2, 0.25) is 0 Å². The van der Waals surface area contributed by atoms with Gasteiger partial charge in [-0.25, -0.2) is 4.58 Å². The average molecular weight is 242 g/mol. The lowest BCUT2D eigenvalue weighted by Gasteiger charge is -2.45. The van der Waals surface area contributed by atoms with Crippen molar-refractivity contribution in [3.63, 3.8) is 0 Å². The summed E-state index contributed by atoms with van der Waals surface area (Å²) in [5.41, 5.74) is 2.70. The Labute approximate surface area is 110 Å². The minimum atomic E-state index is 0.777. The molecular weight excluding hydrogens is 218 g/mol. The molecule has 4 bridgehead atoms. The molecule has 5 rings (SSSR count). The summed E-state index contributed by atoms with van der Waals surface area (Å²) in [4.78, 5) is 0. The predicted octanol–water partition coefficient (Wildman–Crippen LogP) is 3.25. The monoisotopic (exact) mass is 242 g/mol. The molecule has 1 heterocycles. The summed E-state index contributed by atoms with van der Waals surface area (Å²) >= 11 is 0. The van der Waals surface area contributed by atoms with Gasteiger partial charge in [-0.3, -0.25) is 0 Å². The number of hydrogen-bond acceptors (Lipinski definition) is 0. The smallest absolute Gasteiger partial charge is 0.159 e. The number of fused-ring (bicyclic) bond motifs is 4. The summed E-state index contributed by atoms with van der Waals surface area (Å²) in [7, 11) is 0. The normalized spacial score (nSPS) is 47.1. The molecule has 0 radical (unpaired) electrons. The van der Waals surface area contributed by atoms with Crippen molar-refractivity contribution in [3.8, 4) is 0 Å². The van der Waals surface area contributed by atoms with E-state index in [0.29, 0.717) is 0 Å². The van der Waals surface area contributed by atoms with Gasteiger partial charge in [0.25, 0.3) is 0 Å². The Bertz CT molecular complexity index is 420. The second-order valence-corrected chi connectivity index (χ2v) is 7.43. The zero-order valence-corrected chi connectivity index (χ0v) is 11.3. The molecule has 0 N–H and O–H groups in total. The third kappa shape index (κ3) is 1.08. The number of hydrogen-bond donors (Lipinski definition) is 0. The molecule has 5 aliphatic rings. The van der Waals surface area contributed by atoms with E-state index in [2.05, 4.69) is 16.7 Å². The second-order valence-electron chi connectivity index (χ2n) is 7.43. The molecule has 1 heteroatoms. The molecule has 96 valence electrons. The molecule has 1 nitrogen and oxygen atoms in total. The standard InChI is InChI=1S/C17H24N/c1-2-11-18(10-1)16-12-4-3-5-13(16)15-7-6-14(12)17(15)8-9-17/h6-7,12-15H,1-5,8-11H2/q+1. The average Bonchev–Trinajstić information content (AvgIpc) is 2.88. The topological polar surface area (TPSA) is 3.01 Å². The molecule has 1 spiro atoms. The predicted molar refractivity (Wildman–Crippen MR) is 72.9 cm³/mol. The summed E-state index contributed by atoms with van der Waals surface area (Å²) in [6, 6.07) is 0. The molecule has 1 aliphatic heterocycles. The lowest BCUT2D eigenvalue weighted by atomic mass is 9.57. The third-order valence-electron chi connectivity index (χ3n) is 6.81. The van der Waals surface area contributed by atoms with Crippen molar-refractivity contribution < 1.29 is 4.58 Å². The van der Waals surface area contributed by atoms with E-state index in [1.54, 1.807) is 0 Å². The molecule has 4 atom stereocenters. The fourth-order valence-electron chi connectivity index (χ4n) is 6.03. The zero-order chi connectivity index (χ0) is 11.7. The Morgan fingerprint density at radius 3 is 2.06 bits per heavy atom. The van der Waals surface area contributed by atoms with Crippen LogP contribution < -0.4 is 0 Å². The van der Waals surface area contributed by atoms with Gasteiger partial charge in [0, 0.05) is 24.7 Å². The number of nitrogens with zero attached hydrogens (tertiary/aromatic N) is 1. The van der Waals surface area contributed by atoms with Crippen LogP contribution in [-0.4, -0.2) is 23.4 Å². The van der Waals surface area contributed by atoms with Crippen LogP contribution in [0.4, 0.5) is 0 Å². The highest BCUT2D eigenvalue weighted by Gasteiger charge is 2.67. The fraction of sp³-hybridized carbons (Fsp3) is 0.824. The largest absolute Gasteiger partial charge is 0.236 e. The first-order valence-corrected chi connectivity index (χ1v) is 8.20. The van der Waals surface area contributed by atoms with E-state index in [9.17, 15) is 0 Å². The highest BCUT2D eigenvalue weighted by Crippen LogP contribution is 2.70. The van der Waals surface area contributed by atoms with Crippen molar-refractivity contribution >= 4 is 5.71 Å². The van der Waals surface area contributed by atoms with Crippen LogP contribution >= 0.6 is 0 Å². The highest BCUT2D eigenvalue weighted by molar-refractivity contribution is 5.88. The zero-order valence-electron chi connectivity index (χ0n) is 11.3. The Hall–Kier alpha value is -0.590. The lowest BCUT2D eigenvalue weighted by molar-refractivity contribution is -0.513. The van der Waals surface area contributed by atoms with E-state index in [1.165, 1.54) is 58.0 Å². The summed E-state index contributed by atoms with van der Waals surface area (Å²) in [6.45, 7) is 2.74. The lowest BCUT2D eigenvalue weighted by Crippen LogP contribution is -2.50. The first kappa shape index (κ1) is 10.2. The van der Waals surface area contributed by atoms with E-state index < -0.39 is 0 Å². The second kappa shape index (κ2) is 3.29. The van der Waals surface area contributed by atoms with Gasteiger partial charge in [0.15, 0.2) is 5.71 Å². The molecule has 4 aliphatic carbocycles. The molecule has 3 saturated carbocycles. The minimum absolute atomic E-state index is 0.777. The molecule has 0 amide bonds. The van der Waals surface area contributed by atoms with Crippen LogP contribution in [0.1, 0.15) is 44.9 Å². The van der Waals surface area contributed by atoms with Crippen LogP contribution in [-0.2, 0) is 0 Å². The van der Waals surface area contributed by atoms with Crippen molar-refractivity contribution in [2.24, 2.45) is 29.1 Å². The van der Waals surface area contributed by atoms with Crippen molar-refractivity contribution in [1.82, 2.24) is 0 Å². The van der Waals surface area contributed by atoms with Crippen LogP contribution in [0.5, 0.6) is 0 Å². The van der Waals surface area contributed by atoms with Gasteiger partial charge >= 0.3 is 0 Å². The molecule has 4 fully saturated rings. The van der Waals surface area contributed by atoms with Crippen molar-refractivity contribution in [2.75, 3.05) is 13.1 Å². The molecule has 0 aromatic rings. The maximum Gasteiger partial charge on any atom is 0.159 e. The quantitative estimate of drug-likeness (QED) is 0.453. The Morgan fingerprint density at radius 2 is 1.50 bits per heavy atom. The first-order chi connectivity index (χ1) is 8.90. The van der Waals surface area contributed by atoms with Gasteiger partial charge in [-0.1, -0.05) is 18.6 Å². The maximum absolute atomic E-state index is 2.82. The van der Waals surface area contributed by atoms with E-state index >= 15 is 0 Å². The minimum Gasteiger partial charge on any atom is -0.236 e. The SMILES string of the molecule is C1=CC2C3CCCC(C3=[N+]3CCCC3)C1C21CC1. The van der Waals surface area contributed by atoms with Gasteiger partial charge in [-0.2, -0.15) is 0 Å². The van der Waals surface area contributed by atoms with E-state index in [-0.39, 0.29) is 0 Å². The number of rotatable bonds is 0. The van der Waals surface area contributed by atoms with E-state index in [4.69, 9.17) is 0 Å².